The highest BCUT2D eigenvalue weighted by Gasteiger charge is 2.19. The van der Waals surface area contributed by atoms with Gasteiger partial charge >= 0.3 is 5.97 Å². The highest BCUT2D eigenvalue weighted by molar-refractivity contribution is 7.21. The van der Waals surface area contributed by atoms with Gasteiger partial charge in [-0.25, -0.2) is 9.78 Å². The maximum Gasteiger partial charge on any atom is 0.343 e. The normalized spacial score (nSPS) is 10.8. The summed E-state index contributed by atoms with van der Waals surface area (Å²) in [6.07, 6.45) is 0. The number of halogens is 1. The largest absolute Gasteiger partial charge is 0.422 e. The average Bonchev–Trinajstić information content (AvgIpc) is 3.12. The number of nitrogens with zero attached hydrogens (tertiary/aromatic N) is 2. The van der Waals surface area contributed by atoms with Gasteiger partial charge in [0.1, 0.15) is 15.8 Å². The van der Waals surface area contributed by atoms with Crippen molar-refractivity contribution in [1.82, 2.24) is 4.98 Å². The zero-order valence-corrected chi connectivity index (χ0v) is 15.7. The van der Waals surface area contributed by atoms with E-state index < -0.39 is 10.9 Å². The van der Waals surface area contributed by atoms with Gasteiger partial charge in [-0.1, -0.05) is 35.9 Å². The van der Waals surface area contributed by atoms with Crippen LogP contribution in [0.15, 0.2) is 66.7 Å². The zero-order valence-electron chi connectivity index (χ0n) is 14.2. The van der Waals surface area contributed by atoms with Gasteiger partial charge in [-0.2, -0.15) is 0 Å². The summed E-state index contributed by atoms with van der Waals surface area (Å²) in [6, 6.07) is 18.5. The SMILES string of the molecule is O=C(Oc1ccccc1-c1nc2ccccc2s1)c1ccc(Cl)c([N+](=O)[O-])c1. The Morgan fingerprint density at radius 1 is 1.07 bits per heavy atom. The van der Waals surface area contributed by atoms with E-state index in [1.165, 1.54) is 23.5 Å². The minimum Gasteiger partial charge on any atom is -0.422 e. The Bertz CT molecular complexity index is 1190. The molecule has 0 N–H and O–H groups in total. The van der Waals surface area contributed by atoms with Crippen LogP contribution >= 0.6 is 22.9 Å². The fraction of sp³-hybridized carbons (Fsp3) is 0. The van der Waals surface area contributed by atoms with E-state index in [0.717, 1.165) is 16.3 Å². The number of carbonyl (C=O) groups is 1. The monoisotopic (exact) mass is 410 g/mol. The Morgan fingerprint density at radius 2 is 1.82 bits per heavy atom. The molecule has 0 unspecified atom stereocenters. The Morgan fingerprint density at radius 3 is 2.61 bits per heavy atom. The molecule has 0 fully saturated rings. The van der Waals surface area contributed by atoms with Crippen LogP contribution in [0.4, 0.5) is 5.69 Å². The number of hydrogen-bond acceptors (Lipinski definition) is 6. The Balaban J connectivity index is 1.68. The topological polar surface area (TPSA) is 82.3 Å². The number of nitro groups is 1. The lowest BCUT2D eigenvalue weighted by molar-refractivity contribution is -0.384. The van der Waals surface area contributed by atoms with Gasteiger partial charge < -0.3 is 4.74 Å². The number of carbonyl (C=O) groups excluding carboxylic acids is 1. The molecule has 0 radical (unpaired) electrons. The van der Waals surface area contributed by atoms with Crippen LogP contribution in [-0.2, 0) is 0 Å². The van der Waals surface area contributed by atoms with E-state index >= 15 is 0 Å². The minimum absolute atomic E-state index is 0.0372. The number of rotatable bonds is 4. The van der Waals surface area contributed by atoms with Crippen LogP contribution in [0.25, 0.3) is 20.8 Å². The smallest absolute Gasteiger partial charge is 0.343 e. The van der Waals surface area contributed by atoms with Gasteiger partial charge in [-0.05, 0) is 36.4 Å². The lowest BCUT2D eigenvalue weighted by Gasteiger charge is -2.08. The molecule has 0 aliphatic carbocycles. The van der Waals surface area contributed by atoms with E-state index in [-0.39, 0.29) is 16.3 Å². The molecule has 1 heterocycles. The van der Waals surface area contributed by atoms with Crippen LogP contribution in [0.1, 0.15) is 10.4 Å². The first kappa shape index (κ1) is 18.1. The number of thiazole rings is 1. The quantitative estimate of drug-likeness (QED) is 0.185. The highest BCUT2D eigenvalue weighted by Crippen LogP contribution is 2.36. The van der Waals surface area contributed by atoms with E-state index in [1.807, 2.05) is 36.4 Å². The van der Waals surface area contributed by atoms with Crippen molar-refractivity contribution in [3.8, 4) is 16.3 Å². The molecule has 4 rings (SSSR count). The number of nitro benzene ring substituents is 1. The first-order valence-corrected chi connectivity index (χ1v) is 9.33. The summed E-state index contributed by atoms with van der Waals surface area (Å²) in [5.74, 6) is -0.391. The van der Waals surface area contributed by atoms with Gasteiger partial charge in [0.15, 0.2) is 0 Å². The molecule has 28 heavy (non-hydrogen) atoms. The number of fused-ring (bicyclic) bond motifs is 1. The van der Waals surface area contributed by atoms with Crippen LogP contribution in [0.5, 0.6) is 5.75 Å². The molecule has 1 aromatic heterocycles. The molecule has 138 valence electrons. The number of benzene rings is 3. The van der Waals surface area contributed by atoms with Crippen LogP contribution in [0, 0.1) is 10.1 Å². The van der Waals surface area contributed by atoms with E-state index in [4.69, 9.17) is 16.3 Å². The number of esters is 1. The first-order valence-electron chi connectivity index (χ1n) is 8.14. The molecular weight excluding hydrogens is 400 g/mol. The summed E-state index contributed by atoms with van der Waals surface area (Å²) in [4.78, 5) is 27.5. The van der Waals surface area contributed by atoms with E-state index in [1.54, 1.807) is 12.1 Å². The third-order valence-corrected chi connectivity index (χ3v) is 5.38. The Labute approximate surface area is 168 Å². The second-order valence-electron chi connectivity index (χ2n) is 5.80. The molecule has 0 aliphatic heterocycles. The predicted molar refractivity (Wildman–Crippen MR) is 108 cm³/mol. The maximum absolute atomic E-state index is 12.6. The van der Waals surface area contributed by atoms with Gasteiger partial charge in [0, 0.05) is 6.07 Å². The van der Waals surface area contributed by atoms with Crippen molar-refractivity contribution >= 4 is 44.8 Å². The molecule has 0 atom stereocenters. The van der Waals surface area contributed by atoms with Crippen molar-refractivity contribution < 1.29 is 14.5 Å². The van der Waals surface area contributed by atoms with Crippen LogP contribution in [0.2, 0.25) is 5.02 Å². The fourth-order valence-electron chi connectivity index (χ4n) is 2.66. The molecule has 0 spiro atoms. The molecular formula is C20H11ClN2O4S. The van der Waals surface area contributed by atoms with Crippen molar-refractivity contribution in [1.29, 1.82) is 0 Å². The number of ether oxygens (including phenoxy) is 1. The molecule has 0 aliphatic rings. The second kappa shape index (κ2) is 7.38. The fourth-order valence-corrected chi connectivity index (χ4v) is 3.84. The summed E-state index contributed by atoms with van der Waals surface area (Å²) in [6.45, 7) is 0. The standard InChI is InChI=1S/C20H11ClN2O4S/c21-14-10-9-12(11-16(14)23(25)26)20(24)27-17-7-3-1-5-13(17)19-22-15-6-2-4-8-18(15)28-19/h1-11H. The van der Waals surface area contributed by atoms with Gasteiger partial charge in [0.05, 0.1) is 26.3 Å². The first-order chi connectivity index (χ1) is 13.5. The van der Waals surface area contributed by atoms with Crippen LogP contribution < -0.4 is 4.74 Å². The Kier molecular flexibility index (Phi) is 4.77. The lowest BCUT2D eigenvalue weighted by atomic mass is 10.2. The number of hydrogen-bond donors (Lipinski definition) is 0. The summed E-state index contributed by atoms with van der Waals surface area (Å²) in [7, 11) is 0. The van der Waals surface area contributed by atoms with E-state index in [0.29, 0.717) is 16.3 Å². The summed E-state index contributed by atoms with van der Waals surface area (Å²) in [5.41, 5.74) is 1.21. The average molecular weight is 411 g/mol. The highest BCUT2D eigenvalue weighted by atomic mass is 35.5. The van der Waals surface area contributed by atoms with Gasteiger partial charge in [0.25, 0.3) is 5.69 Å². The molecule has 0 saturated carbocycles. The molecule has 6 nitrogen and oxygen atoms in total. The molecule has 3 aromatic carbocycles. The third-order valence-electron chi connectivity index (χ3n) is 3.99. The van der Waals surface area contributed by atoms with Gasteiger partial charge in [0.2, 0.25) is 0 Å². The molecule has 4 aromatic rings. The van der Waals surface area contributed by atoms with E-state index in [2.05, 4.69) is 4.98 Å². The predicted octanol–water partition coefficient (Wildman–Crippen LogP) is 5.74. The maximum atomic E-state index is 12.6. The second-order valence-corrected chi connectivity index (χ2v) is 7.23. The van der Waals surface area contributed by atoms with Crippen molar-refractivity contribution in [2.45, 2.75) is 0 Å². The van der Waals surface area contributed by atoms with E-state index in [9.17, 15) is 14.9 Å². The van der Waals surface area contributed by atoms with Gasteiger partial charge in [-0.15, -0.1) is 11.3 Å². The minimum atomic E-state index is -0.715. The molecule has 8 heteroatoms. The van der Waals surface area contributed by atoms with Crippen molar-refractivity contribution in [2.75, 3.05) is 0 Å². The van der Waals surface area contributed by atoms with Crippen molar-refractivity contribution in [3.05, 3.63) is 87.4 Å². The Hall–Kier alpha value is -3.29. The molecule has 0 saturated heterocycles. The van der Waals surface area contributed by atoms with Crippen molar-refractivity contribution in [2.24, 2.45) is 0 Å². The van der Waals surface area contributed by atoms with Crippen molar-refractivity contribution in [3.63, 3.8) is 0 Å². The molecule has 0 amide bonds. The summed E-state index contributed by atoms with van der Waals surface area (Å²) in [5, 5.41) is 11.7. The number of aromatic nitrogens is 1. The summed E-state index contributed by atoms with van der Waals surface area (Å²) < 4.78 is 6.54. The molecule has 0 bridgehead atoms. The van der Waals surface area contributed by atoms with Crippen LogP contribution in [0.3, 0.4) is 0 Å². The summed E-state index contributed by atoms with van der Waals surface area (Å²) >= 11 is 7.29. The third kappa shape index (κ3) is 3.45. The van der Waals surface area contributed by atoms with Gasteiger partial charge in [-0.3, -0.25) is 10.1 Å². The number of para-hydroxylation sites is 2. The lowest BCUT2D eigenvalue weighted by Crippen LogP contribution is -2.09. The zero-order chi connectivity index (χ0) is 19.7. The van der Waals surface area contributed by atoms with Crippen LogP contribution in [-0.4, -0.2) is 15.9 Å².